The first-order valence-electron chi connectivity index (χ1n) is 5.26. The number of hydrogen-bond acceptors (Lipinski definition) is 1. The largest absolute Gasteiger partial charge is 0.299 e. The van der Waals surface area contributed by atoms with Crippen LogP contribution in [0, 0.1) is 11.8 Å². The molecule has 0 heterocycles. The zero-order valence-electron chi connectivity index (χ0n) is 8.31. The van der Waals surface area contributed by atoms with Gasteiger partial charge in [0.05, 0.1) is 0 Å². The fraction of sp³-hybridized carbons (Fsp3) is 0.909. The minimum absolute atomic E-state index is 0.423. The lowest BCUT2D eigenvalue weighted by Crippen LogP contribution is -2.10. The highest BCUT2D eigenvalue weighted by Crippen LogP contribution is 2.28. The third-order valence-electron chi connectivity index (χ3n) is 2.90. The van der Waals surface area contributed by atoms with E-state index >= 15 is 0 Å². The Balaban J connectivity index is 2.25. The Morgan fingerprint density at radius 3 is 2.83 bits per heavy atom. The Kier molecular flexibility index (Phi) is 3.77. The van der Waals surface area contributed by atoms with Gasteiger partial charge in [0, 0.05) is 12.3 Å². The Morgan fingerprint density at radius 2 is 2.33 bits per heavy atom. The van der Waals surface area contributed by atoms with E-state index in [4.69, 9.17) is 0 Å². The maximum Gasteiger partial charge on any atom is 0.135 e. The van der Waals surface area contributed by atoms with Crippen molar-refractivity contribution in [1.29, 1.82) is 0 Å². The van der Waals surface area contributed by atoms with Crippen molar-refractivity contribution < 1.29 is 4.79 Å². The Bertz CT molecular complexity index is 151. The maximum atomic E-state index is 11.3. The van der Waals surface area contributed by atoms with Crippen LogP contribution in [0.15, 0.2) is 0 Å². The highest BCUT2D eigenvalue weighted by Gasteiger charge is 2.25. The molecule has 1 nitrogen and oxygen atoms in total. The van der Waals surface area contributed by atoms with Crippen LogP contribution in [-0.2, 0) is 4.79 Å². The quantitative estimate of drug-likeness (QED) is 0.630. The van der Waals surface area contributed by atoms with E-state index in [1.54, 1.807) is 0 Å². The molecule has 2 unspecified atom stereocenters. The van der Waals surface area contributed by atoms with Gasteiger partial charge in [-0.2, -0.15) is 0 Å². The standard InChI is InChI=1S/C11H20O/c1-3-5-9(2)8-10-6-4-7-11(10)12/h9-10H,3-8H2,1-2H3. The van der Waals surface area contributed by atoms with Crippen molar-refractivity contribution in [2.45, 2.75) is 52.4 Å². The van der Waals surface area contributed by atoms with Crippen molar-refractivity contribution in [3.05, 3.63) is 0 Å². The smallest absolute Gasteiger partial charge is 0.135 e. The highest BCUT2D eigenvalue weighted by molar-refractivity contribution is 5.82. The normalized spacial score (nSPS) is 26.2. The molecule has 0 aliphatic heterocycles. The third kappa shape index (κ3) is 2.62. The molecule has 2 atom stereocenters. The molecular formula is C11H20O. The number of carbonyl (C=O) groups excluding carboxylic acids is 1. The molecule has 0 amide bonds. The number of ketones is 1. The fourth-order valence-electron chi connectivity index (χ4n) is 2.23. The van der Waals surface area contributed by atoms with Crippen LogP contribution in [0.25, 0.3) is 0 Å². The van der Waals surface area contributed by atoms with Crippen LogP contribution < -0.4 is 0 Å². The molecule has 1 fully saturated rings. The predicted molar refractivity (Wildman–Crippen MR) is 51.0 cm³/mol. The van der Waals surface area contributed by atoms with Gasteiger partial charge in [-0.05, 0) is 25.2 Å². The minimum atomic E-state index is 0.423. The van der Waals surface area contributed by atoms with Crippen LogP contribution >= 0.6 is 0 Å². The van der Waals surface area contributed by atoms with Gasteiger partial charge in [-0.1, -0.05) is 26.7 Å². The molecule has 1 saturated carbocycles. The summed E-state index contributed by atoms with van der Waals surface area (Å²) in [5.74, 6) is 1.70. The molecule has 1 rings (SSSR count). The molecule has 0 saturated heterocycles. The number of rotatable bonds is 4. The van der Waals surface area contributed by atoms with Crippen molar-refractivity contribution in [2.75, 3.05) is 0 Å². The first kappa shape index (κ1) is 9.76. The fourth-order valence-corrected chi connectivity index (χ4v) is 2.23. The molecule has 12 heavy (non-hydrogen) atoms. The summed E-state index contributed by atoms with van der Waals surface area (Å²) >= 11 is 0. The van der Waals surface area contributed by atoms with E-state index < -0.39 is 0 Å². The summed E-state index contributed by atoms with van der Waals surface area (Å²) in [5, 5.41) is 0. The van der Waals surface area contributed by atoms with Gasteiger partial charge in [0.2, 0.25) is 0 Å². The van der Waals surface area contributed by atoms with E-state index in [1.807, 2.05) is 0 Å². The van der Waals surface area contributed by atoms with E-state index in [-0.39, 0.29) is 0 Å². The van der Waals surface area contributed by atoms with Crippen LogP contribution in [0.3, 0.4) is 0 Å². The summed E-state index contributed by atoms with van der Waals surface area (Å²) in [5.41, 5.74) is 0. The lowest BCUT2D eigenvalue weighted by atomic mass is 9.91. The molecule has 0 bridgehead atoms. The van der Waals surface area contributed by atoms with Gasteiger partial charge in [-0.15, -0.1) is 0 Å². The van der Waals surface area contributed by atoms with Crippen molar-refractivity contribution in [1.82, 2.24) is 0 Å². The molecular weight excluding hydrogens is 148 g/mol. The van der Waals surface area contributed by atoms with Gasteiger partial charge in [0.1, 0.15) is 5.78 Å². The lowest BCUT2D eigenvalue weighted by molar-refractivity contribution is -0.121. The second kappa shape index (κ2) is 4.64. The van der Waals surface area contributed by atoms with E-state index in [2.05, 4.69) is 13.8 Å². The first-order valence-corrected chi connectivity index (χ1v) is 5.26. The molecule has 70 valence electrons. The first-order chi connectivity index (χ1) is 5.74. The van der Waals surface area contributed by atoms with Crippen LogP contribution in [-0.4, -0.2) is 5.78 Å². The van der Waals surface area contributed by atoms with Crippen molar-refractivity contribution >= 4 is 5.78 Å². The summed E-state index contributed by atoms with van der Waals surface area (Å²) in [7, 11) is 0. The second-order valence-electron chi connectivity index (χ2n) is 4.19. The summed E-state index contributed by atoms with van der Waals surface area (Å²) in [6.45, 7) is 4.49. The number of carbonyl (C=O) groups is 1. The van der Waals surface area contributed by atoms with Gasteiger partial charge in [0.25, 0.3) is 0 Å². The average molecular weight is 168 g/mol. The zero-order chi connectivity index (χ0) is 8.97. The molecule has 0 aromatic heterocycles. The van der Waals surface area contributed by atoms with Crippen LogP contribution in [0.1, 0.15) is 52.4 Å². The molecule has 1 aliphatic carbocycles. The van der Waals surface area contributed by atoms with Gasteiger partial charge < -0.3 is 0 Å². The van der Waals surface area contributed by atoms with E-state index in [1.165, 1.54) is 12.8 Å². The molecule has 0 aromatic rings. The lowest BCUT2D eigenvalue weighted by Gasteiger charge is -2.13. The molecule has 0 N–H and O–H groups in total. The van der Waals surface area contributed by atoms with Gasteiger partial charge in [0.15, 0.2) is 0 Å². The van der Waals surface area contributed by atoms with E-state index in [0.29, 0.717) is 11.7 Å². The van der Waals surface area contributed by atoms with Crippen LogP contribution in [0.5, 0.6) is 0 Å². The number of hydrogen-bond donors (Lipinski definition) is 0. The Morgan fingerprint density at radius 1 is 1.58 bits per heavy atom. The molecule has 0 radical (unpaired) electrons. The van der Waals surface area contributed by atoms with Gasteiger partial charge in [-0.3, -0.25) is 4.79 Å². The highest BCUT2D eigenvalue weighted by atomic mass is 16.1. The third-order valence-corrected chi connectivity index (χ3v) is 2.90. The van der Waals surface area contributed by atoms with Crippen LogP contribution in [0.2, 0.25) is 0 Å². The summed E-state index contributed by atoms with van der Waals surface area (Å²) in [4.78, 5) is 11.3. The predicted octanol–water partition coefficient (Wildman–Crippen LogP) is 3.18. The summed E-state index contributed by atoms with van der Waals surface area (Å²) in [6, 6.07) is 0. The molecule has 1 aliphatic rings. The topological polar surface area (TPSA) is 17.1 Å². The molecule has 0 spiro atoms. The minimum Gasteiger partial charge on any atom is -0.299 e. The molecule has 1 heteroatoms. The van der Waals surface area contributed by atoms with Crippen molar-refractivity contribution in [3.8, 4) is 0 Å². The van der Waals surface area contributed by atoms with Gasteiger partial charge in [-0.25, -0.2) is 0 Å². The monoisotopic (exact) mass is 168 g/mol. The number of Topliss-reactive ketones (excluding diaryl/α,β-unsaturated/α-hetero) is 1. The van der Waals surface area contributed by atoms with Crippen molar-refractivity contribution in [2.24, 2.45) is 11.8 Å². The Hall–Kier alpha value is -0.330. The van der Waals surface area contributed by atoms with E-state index in [0.717, 1.165) is 31.6 Å². The van der Waals surface area contributed by atoms with Crippen LogP contribution in [0.4, 0.5) is 0 Å². The SMILES string of the molecule is CCCC(C)CC1CCCC1=O. The van der Waals surface area contributed by atoms with Gasteiger partial charge >= 0.3 is 0 Å². The molecule has 0 aromatic carbocycles. The average Bonchev–Trinajstić information content (AvgIpc) is 2.37. The second-order valence-corrected chi connectivity index (χ2v) is 4.19. The van der Waals surface area contributed by atoms with Crippen molar-refractivity contribution in [3.63, 3.8) is 0 Å². The summed E-state index contributed by atoms with van der Waals surface area (Å²) in [6.07, 6.45) is 6.83. The maximum absolute atomic E-state index is 11.3. The zero-order valence-corrected chi connectivity index (χ0v) is 8.31. The van der Waals surface area contributed by atoms with E-state index in [9.17, 15) is 4.79 Å². The Labute approximate surface area is 75.5 Å². The summed E-state index contributed by atoms with van der Waals surface area (Å²) < 4.78 is 0.